The van der Waals surface area contributed by atoms with Gasteiger partial charge in [0.1, 0.15) is 0 Å². The van der Waals surface area contributed by atoms with E-state index in [4.69, 9.17) is 0 Å². The zero-order chi connectivity index (χ0) is 12.7. The molecule has 0 unspecified atom stereocenters. The molecule has 2 heterocycles. The fraction of sp³-hybridized carbons (Fsp3) is 0.500. The van der Waals surface area contributed by atoms with Crippen molar-refractivity contribution in [2.45, 2.75) is 12.5 Å². The molecule has 2 saturated heterocycles. The van der Waals surface area contributed by atoms with Crippen molar-refractivity contribution >= 4 is 11.4 Å². The third-order valence-corrected chi connectivity index (χ3v) is 3.90. The van der Waals surface area contributed by atoms with Crippen molar-refractivity contribution in [1.29, 1.82) is 0 Å². The van der Waals surface area contributed by atoms with Gasteiger partial charge in [0.05, 0.1) is 16.7 Å². The van der Waals surface area contributed by atoms with E-state index in [1.807, 2.05) is 4.90 Å². The maximum absolute atomic E-state index is 14.0. The summed E-state index contributed by atoms with van der Waals surface area (Å²) in [6.45, 7) is 2.67. The van der Waals surface area contributed by atoms with E-state index >= 15 is 0 Å². The molecule has 0 saturated carbocycles. The Hall–Kier alpha value is -1.69. The molecule has 18 heavy (non-hydrogen) atoms. The normalized spacial score (nSPS) is 26.4. The molecule has 2 fully saturated rings. The van der Waals surface area contributed by atoms with E-state index < -0.39 is 10.7 Å². The summed E-state index contributed by atoms with van der Waals surface area (Å²) in [4.78, 5) is 12.0. The summed E-state index contributed by atoms with van der Waals surface area (Å²) in [5, 5.41) is 13.9. The molecule has 0 aliphatic carbocycles. The molecule has 1 aromatic carbocycles. The summed E-state index contributed by atoms with van der Waals surface area (Å²) in [7, 11) is 0. The molecule has 5 nitrogen and oxygen atoms in total. The van der Waals surface area contributed by atoms with Gasteiger partial charge in [0, 0.05) is 31.7 Å². The Morgan fingerprint density at radius 1 is 1.44 bits per heavy atom. The monoisotopic (exact) mass is 251 g/mol. The van der Waals surface area contributed by atoms with Gasteiger partial charge in [0.2, 0.25) is 0 Å². The molecule has 1 aromatic rings. The minimum Gasteiger partial charge on any atom is -0.365 e. The molecule has 6 heteroatoms. The maximum atomic E-state index is 14.0. The molecule has 1 N–H and O–H groups in total. The Kier molecular flexibility index (Phi) is 2.66. The lowest BCUT2D eigenvalue weighted by Crippen LogP contribution is -2.34. The number of nitro benzene ring substituents is 1. The van der Waals surface area contributed by atoms with Crippen LogP contribution in [0.2, 0.25) is 0 Å². The Bertz CT molecular complexity index is 494. The number of nitrogens with one attached hydrogen (secondary N) is 1. The number of nitrogens with zero attached hydrogens (tertiary/aromatic N) is 2. The number of rotatable bonds is 2. The lowest BCUT2D eigenvalue weighted by Gasteiger charge is -2.25. The van der Waals surface area contributed by atoms with E-state index in [0.717, 1.165) is 32.1 Å². The van der Waals surface area contributed by atoms with Crippen molar-refractivity contribution in [1.82, 2.24) is 5.32 Å². The van der Waals surface area contributed by atoms with Crippen molar-refractivity contribution in [2.75, 3.05) is 24.5 Å². The van der Waals surface area contributed by atoms with Gasteiger partial charge in [-0.05, 0) is 18.4 Å². The summed E-state index contributed by atoms with van der Waals surface area (Å²) in [6, 6.07) is 4.22. The highest BCUT2D eigenvalue weighted by atomic mass is 19.1. The average Bonchev–Trinajstić information content (AvgIpc) is 2.91. The first-order valence-corrected chi connectivity index (χ1v) is 6.08. The molecule has 2 aliphatic rings. The first-order valence-electron chi connectivity index (χ1n) is 6.08. The van der Waals surface area contributed by atoms with Gasteiger partial charge >= 0.3 is 0 Å². The Morgan fingerprint density at radius 2 is 2.28 bits per heavy atom. The topological polar surface area (TPSA) is 58.4 Å². The van der Waals surface area contributed by atoms with Crippen LogP contribution in [-0.2, 0) is 0 Å². The van der Waals surface area contributed by atoms with Gasteiger partial charge in [-0.3, -0.25) is 10.1 Å². The predicted octanol–water partition coefficient (Wildman–Crippen LogP) is 1.53. The predicted molar refractivity (Wildman–Crippen MR) is 65.2 cm³/mol. The number of hydrogen-bond donors (Lipinski definition) is 1. The van der Waals surface area contributed by atoms with Gasteiger partial charge in [-0.1, -0.05) is 0 Å². The Balaban J connectivity index is 1.90. The second-order valence-electron chi connectivity index (χ2n) is 4.86. The molecular formula is C12H14FN3O2. The molecule has 0 radical (unpaired) electrons. The van der Waals surface area contributed by atoms with E-state index in [0.29, 0.717) is 17.6 Å². The van der Waals surface area contributed by atoms with Crippen LogP contribution in [0.4, 0.5) is 15.8 Å². The molecule has 0 aromatic heterocycles. The van der Waals surface area contributed by atoms with Crippen molar-refractivity contribution in [3.63, 3.8) is 0 Å². The molecule has 0 spiro atoms. The fourth-order valence-electron chi connectivity index (χ4n) is 2.99. The average molecular weight is 251 g/mol. The molecule has 2 aliphatic heterocycles. The van der Waals surface area contributed by atoms with E-state index in [-0.39, 0.29) is 5.69 Å². The van der Waals surface area contributed by atoms with Crippen LogP contribution in [0.3, 0.4) is 0 Å². The van der Waals surface area contributed by atoms with Crippen LogP contribution in [0, 0.1) is 21.8 Å². The molecule has 2 atom stereocenters. The van der Waals surface area contributed by atoms with Crippen LogP contribution in [0.1, 0.15) is 6.42 Å². The number of nitro groups is 1. The van der Waals surface area contributed by atoms with Gasteiger partial charge < -0.3 is 10.2 Å². The number of benzene rings is 1. The summed E-state index contributed by atoms with van der Waals surface area (Å²) >= 11 is 0. The van der Waals surface area contributed by atoms with Gasteiger partial charge in [-0.15, -0.1) is 0 Å². The lowest BCUT2D eigenvalue weighted by molar-refractivity contribution is -0.385. The van der Waals surface area contributed by atoms with Crippen molar-refractivity contribution in [3.05, 3.63) is 34.1 Å². The maximum Gasteiger partial charge on any atom is 0.272 e. The molecule has 96 valence electrons. The van der Waals surface area contributed by atoms with Gasteiger partial charge in [-0.25, -0.2) is 4.39 Å². The second-order valence-corrected chi connectivity index (χ2v) is 4.86. The summed E-state index contributed by atoms with van der Waals surface area (Å²) in [5.41, 5.74) is 0.286. The number of halogens is 1. The first-order chi connectivity index (χ1) is 8.66. The lowest BCUT2D eigenvalue weighted by atomic mass is 10.0. The van der Waals surface area contributed by atoms with Gasteiger partial charge in [0.15, 0.2) is 5.82 Å². The quantitative estimate of drug-likeness (QED) is 0.639. The van der Waals surface area contributed by atoms with Gasteiger partial charge in [0.25, 0.3) is 5.69 Å². The highest BCUT2D eigenvalue weighted by Gasteiger charge is 2.38. The highest BCUT2D eigenvalue weighted by Crippen LogP contribution is 2.34. The number of non-ortho nitro benzene ring substituents is 1. The van der Waals surface area contributed by atoms with E-state index in [1.54, 1.807) is 0 Å². The van der Waals surface area contributed by atoms with Crippen LogP contribution in [0.5, 0.6) is 0 Å². The van der Waals surface area contributed by atoms with Crippen LogP contribution in [0.15, 0.2) is 18.2 Å². The minimum absolute atomic E-state index is 0.198. The first kappa shape index (κ1) is 11.4. The third kappa shape index (κ3) is 1.73. The molecule has 0 bridgehead atoms. The number of fused-ring (bicyclic) bond motifs is 1. The van der Waals surface area contributed by atoms with Crippen LogP contribution < -0.4 is 10.2 Å². The fourth-order valence-corrected chi connectivity index (χ4v) is 2.99. The summed E-state index contributed by atoms with van der Waals surface area (Å²) < 4.78 is 14.0. The molecular weight excluding hydrogens is 237 g/mol. The number of anilines is 1. The third-order valence-electron chi connectivity index (χ3n) is 3.90. The standard InChI is InChI=1S/C12H14FN3O2/c13-10-5-9(16(17)18)1-2-11(10)15-4-3-8-6-14-7-12(8)15/h1-2,5,8,12,14H,3-4,6-7H2/t8-,12+/m0/s1. The largest absolute Gasteiger partial charge is 0.365 e. The summed E-state index contributed by atoms with van der Waals surface area (Å²) in [6.07, 6.45) is 1.05. The number of hydrogen-bond acceptors (Lipinski definition) is 4. The smallest absolute Gasteiger partial charge is 0.272 e. The van der Waals surface area contributed by atoms with E-state index in [1.165, 1.54) is 12.1 Å². The molecule has 3 rings (SSSR count). The summed E-state index contributed by atoms with van der Waals surface area (Å²) in [5.74, 6) is 0.0661. The Morgan fingerprint density at radius 3 is 3.00 bits per heavy atom. The second kappa shape index (κ2) is 4.20. The zero-order valence-electron chi connectivity index (χ0n) is 9.80. The van der Waals surface area contributed by atoms with Crippen LogP contribution in [-0.4, -0.2) is 30.6 Å². The van der Waals surface area contributed by atoms with Crippen LogP contribution >= 0.6 is 0 Å². The van der Waals surface area contributed by atoms with Crippen molar-refractivity contribution in [2.24, 2.45) is 5.92 Å². The molecule has 0 amide bonds. The minimum atomic E-state index is -0.573. The van der Waals surface area contributed by atoms with Gasteiger partial charge in [-0.2, -0.15) is 0 Å². The van der Waals surface area contributed by atoms with E-state index in [9.17, 15) is 14.5 Å². The highest BCUT2D eigenvalue weighted by molar-refractivity contribution is 5.54. The zero-order valence-corrected chi connectivity index (χ0v) is 9.80. The van der Waals surface area contributed by atoms with Crippen molar-refractivity contribution in [3.8, 4) is 0 Å². The van der Waals surface area contributed by atoms with Crippen LogP contribution in [0.25, 0.3) is 0 Å². The SMILES string of the molecule is O=[N+]([O-])c1ccc(N2CC[C@H]3CNC[C@H]32)c(F)c1. The van der Waals surface area contributed by atoms with E-state index in [2.05, 4.69) is 5.32 Å². The van der Waals surface area contributed by atoms with Crippen molar-refractivity contribution < 1.29 is 9.31 Å². The Labute approximate surface area is 104 Å².